The summed E-state index contributed by atoms with van der Waals surface area (Å²) in [5.74, 6) is 14.2. The first-order chi connectivity index (χ1) is 52.2. The Balaban J connectivity index is 0.000000351. The quantitative estimate of drug-likeness (QED) is 0.0319. The monoisotopic (exact) mass is 1730 g/mol. The Labute approximate surface area is 718 Å². The molecule has 636 valence electrons. The summed E-state index contributed by atoms with van der Waals surface area (Å²) in [4.78, 5) is 121. The molecule has 111 heavy (non-hydrogen) atoms. The van der Waals surface area contributed by atoms with Gasteiger partial charge < -0.3 is 29.4 Å². The van der Waals surface area contributed by atoms with Gasteiger partial charge >= 0.3 is 24.1 Å². The number of carbonyl (C=O) groups excluding carboxylic acids is 8. The largest absolute Gasteiger partial charge is 0.340 e. The Morgan fingerprint density at radius 1 is 0.243 bits per heavy atom. The van der Waals surface area contributed by atoms with E-state index in [-0.39, 0.29) is 93.3 Å². The maximum atomic E-state index is 12.5. The van der Waals surface area contributed by atoms with Crippen molar-refractivity contribution in [2.75, 3.05) is 187 Å². The lowest BCUT2D eigenvalue weighted by Crippen LogP contribution is -2.39. The van der Waals surface area contributed by atoms with Crippen molar-refractivity contribution in [1.29, 1.82) is 0 Å². The summed E-state index contributed by atoms with van der Waals surface area (Å²) >= 11 is 34.1. The zero-order chi connectivity index (χ0) is 82.9. The van der Waals surface area contributed by atoms with Crippen molar-refractivity contribution in [3.8, 4) is 0 Å². The molecule has 6 fully saturated rings. The average molecular weight is 1730 g/mol. The summed E-state index contributed by atoms with van der Waals surface area (Å²) in [6.45, 7) is 49.0. The molecular formula is C81H144N12O8S10. The Hall–Kier alpha value is -2.58. The third-order valence-electron chi connectivity index (χ3n) is 21.2. The summed E-state index contributed by atoms with van der Waals surface area (Å²) in [7, 11) is 0. The first-order valence-corrected chi connectivity index (χ1v) is 49.8. The fraction of sp³-hybridized carbons (Fsp3) is 0.852. The van der Waals surface area contributed by atoms with E-state index in [2.05, 4.69) is 83.1 Å². The van der Waals surface area contributed by atoms with E-state index >= 15 is 0 Å². The van der Waals surface area contributed by atoms with E-state index in [0.717, 1.165) is 137 Å². The van der Waals surface area contributed by atoms with Crippen LogP contribution in [0.4, 0.5) is 19.2 Å². The van der Waals surface area contributed by atoms with Crippen molar-refractivity contribution in [2.24, 2.45) is 32.5 Å². The second-order valence-electron chi connectivity index (χ2n) is 35.0. The van der Waals surface area contributed by atoms with E-state index in [0.29, 0.717) is 62.6 Å². The molecule has 0 aliphatic carbocycles. The highest BCUT2D eigenvalue weighted by atomic mass is 32.2. The minimum Gasteiger partial charge on any atom is -0.340 e. The van der Waals surface area contributed by atoms with Gasteiger partial charge in [-0.05, 0) is 264 Å². The Bertz CT molecular complexity index is 2530. The van der Waals surface area contributed by atoms with Crippen molar-refractivity contribution >= 4 is 187 Å². The standard InChI is InChI=1S/C27H48N4O4S2.2C27H48N4O2S4/c1-7-28-18-22(32)30(24(28)34)20-26(3,4)12-9-14-36-16-11-17-37-15-10-13-27(5,6)21-31-23(33)19-29(8-2)25(31)35;1-7-28-18-22(34)30(24(28)32)20-26(3,4)12-9-14-36-16-11-17-37-15-10-13-27(5,6)21-31-23(35)19-29(8-2)25(31)33;1-7-28-18-22(32)30(24(28)34)20-26(3,4)12-9-14-36-16-11-17-37-15-10-13-27(5,6)21-31-23(33)19-29(8-2)25(31)35/h3*7-21H2,1-6H3. The van der Waals surface area contributed by atoms with Gasteiger partial charge in [0.2, 0.25) is 23.6 Å². The minimum atomic E-state index is -0.142. The van der Waals surface area contributed by atoms with Gasteiger partial charge in [0.25, 0.3) is 0 Å². The van der Waals surface area contributed by atoms with Crippen molar-refractivity contribution in [1.82, 2.24) is 58.8 Å². The number of imide groups is 2. The second-order valence-corrected chi connectivity index (χ2v) is 44.0. The number of nitrogens with zero attached hydrogens (tertiary/aromatic N) is 12. The van der Waals surface area contributed by atoms with E-state index in [9.17, 15) is 38.4 Å². The van der Waals surface area contributed by atoms with Gasteiger partial charge in [-0.3, -0.25) is 48.6 Å². The Kier molecular flexibility index (Phi) is 45.1. The number of thioether (sulfide) groups is 6. The molecule has 20 nitrogen and oxygen atoms in total. The highest BCUT2D eigenvalue weighted by Crippen LogP contribution is 2.34. The van der Waals surface area contributed by atoms with Gasteiger partial charge in [-0.2, -0.15) is 70.6 Å². The fourth-order valence-corrected chi connectivity index (χ4v) is 21.6. The molecule has 0 aromatic heterocycles. The zero-order valence-electron chi connectivity index (χ0n) is 71.5. The molecule has 0 aromatic rings. The highest BCUT2D eigenvalue weighted by Gasteiger charge is 2.43. The van der Waals surface area contributed by atoms with Crippen LogP contribution in [0.1, 0.15) is 221 Å². The predicted octanol–water partition coefficient (Wildman–Crippen LogP) is 17.0. The summed E-state index contributed by atoms with van der Waals surface area (Å²) < 4.78 is 0. The number of rotatable bonds is 54. The topological polar surface area (TPSA) is 175 Å². The van der Waals surface area contributed by atoms with E-state index < -0.39 is 0 Å². The van der Waals surface area contributed by atoms with Crippen molar-refractivity contribution in [3.05, 3.63) is 0 Å². The van der Waals surface area contributed by atoms with E-state index in [4.69, 9.17) is 48.9 Å². The number of likely N-dealkylation sites (N-methyl/N-ethyl adjacent to an activating group) is 6. The first-order valence-electron chi connectivity index (χ1n) is 41.2. The highest BCUT2D eigenvalue weighted by molar-refractivity contribution is 8.01. The molecule has 30 heteroatoms. The number of hydrogen-bond donors (Lipinski definition) is 0. The van der Waals surface area contributed by atoms with Crippen molar-refractivity contribution in [2.45, 2.75) is 221 Å². The van der Waals surface area contributed by atoms with E-state index in [1.165, 1.54) is 101 Å². The summed E-state index contributed by atoms with van der Waals surface area (Å²) in [6, 6.07) is -0.137. The minimum absolute atomic E-state index is 0.0655. The van der Waals surface area contributed by atoms with Crippen LogP contribution in [-0.4, -0.2) is 314 Å². The molecule has 0 saturated carbocycles. The number of hydrogen-bond acceptors (Lipinski definition) is 18. The average Bonchev–Trinajstić information content (AvgIpc) is 1.73. The smallest absolute Gasteiger partial charge is 0.327 e. The van der Waals surface area contributed by atoms with Gasteiger partial charge in [0.05, 0.1) is 26.2 Å². The van der Waals surface area contributed by atoms with Crippen LogP contribution >= 0.6 is 119 Å². The molecule has 0 spiro atoms. The molecule has 12 amide bonds. The normalized spacial score (nSPS) is 17.2. The Morgan fingerprint density at radius 2 is 0.414 bits per heavy atom. The molecule has 6 aliphatic rings. The molecule has 0 atom stereocenters. The maximum Gasteiger partial charge on any atom is 0.327 e. The van der Waals surface area contributed by atoms with Gasteiger partial charge in [0, 0.05) is 78.5 Å². The number of amides is 12. The molecule has 0 bridgehead atoms. The van der Waals surface area contributed by atoms with Gasteiger partial charge in [-0.15, -0.1) is 0 Å². The van der Waals surface area contributed by atoms with Gasteiger partial charge in [0.1, 0.15) is 23.1 Å². The molecule has 0 radical (unpaired) electrons. The predicted molar refractivity (Wildman–Crippen MR) is 492 cm³/mol. The summed E-state index contributed by atoms with van der Waals surface area (Å²) in [5, 5.41) is 1.40. The second kappa shape index (κ2) is 49.7. The Morgan fingerprint density at radius 3 is 0.613 bits per heavy atom. The van der Waals surface area contributed by atoms with Crippen LogP contribution in [0, 0.1) is 32.5 Å². The molecule has 6 aliphatic heterocycles. The van der Waals surface area contributed by atoms with E-state index in [1.807, 2.05) is 151 Å². The number of urea groups is 4. The van der Waals surface area contributed by atoms with Gasteiger partial charge in [-0.25, -0.2) is 19.2 Å². The van der Waals surface area contributed by atoms with Crippen LogP contribution in [0.15, 0.2) is 0 Å². The van der Waals surface area contributed by atoms with Crippen LogP contribution in [0.5, 0.6) is 0 Å². The van der Waals surface area contributed by atoms with Gasteiger partial charge in [-0.1, -0.05) is 108 Å². The molecule has 6 rings (SSSR count). The zero-order valence-corrected chi connectivity index (χ0v) is 79.7. The lowest BCUT2D eigenvalue weighted by Gasteiger charge is -2.30. The number of carbonyl (C=O) groups is 8. The molecule has 0 N–H and O–H groups in total. The third-order valence-corrected chi connectivity index (χ3v) is 29.7. The number of thiocarbonyl (C=S) groups is 4. The maximum absolute atomic E-state index is 12.5. The van der Waals surface area contributed by atoms with E-state index in [1.54, 1.807) is 9.80 Å². The molecule has 6 heterocycles. The third kappa shape index (κ3) is 35.5. The molecule has 6 saturated heterocycles. The van der Waals surface area contributed by atoms with Crippen molar-refractivity contribution in [3.63, 3.8) is 0 Å². The SMILES string of the molecule is CCN1CC(=O)N(CC(C)(C)CCCSCCCSCCCC(C)(C)CN2C(=O)CN(CC)C2=O)C1=O.CCN1CC(=O)N(CC(C)(C)CCCSCCCSCCCC(C)(C)CN2C(=O)CN(CC)C2=S)C1=S.CCN1CC(=S)N(CC(C)(C)CCCSCCCSCCCC(C)(C)CN2C(=O)N(CC)CC2=S)C1=O. The molecule has 0 unspecified atom stereocenters. The fourth-order valence-electron chi connectivity index (χ4n) is 14.3. The lowest BCUT2D eigenvalue weighted by molar-refractivity contribution is -0.127. The van der Waals surface area contributed by atoms with Crippen LogP contribution < -0.4 is 0 Å². The van der Waals surface area contributed by atoms with Crippen molar-refractivity contribution < 1.29 is 38.4 Å². The lowest BCUT2D eigenvalue weighted by atomic mass is 9.87. The summed E-state index contributed by atoms with van der Waals surface area (Å²) in [6.07, 6.45) is 17.0. The van der Waals surface area contributed by atoms with Crippen LogP contribution in [0.25, 0.3) is 0 Å². The van der Waals surface area contributed by atoms with Crippen LogP contribution in [0.2, 0.25) is 0 Å². The molecule has 0 aromatic carbocycles. The summed E-state index contributed by atoms with van der Waals surface area (Å²) in [5.41, 5.74) is 0.187. The molecular weight excluding hydrogens is 1590 g/mol. The first kappa shape index (κ1) is 101. The van der Waals surface area contributed by atoms with Crippen LogP contribution in [-0.2, 0) is 19.2 Å². The van der Waals surface area contributed by atoms with Gasteiger partial charge in [0.15, 0.2) is 10.2 Å². The van der Waals surface area contributed by atoms with Crippen LogP contribution in [0.3, 0.4) is 0 Å².